The van der Waals surface area contributed by atoms with Crippen molar-refractivity contribution in [2.75, 3.05) is 47.1 Å². The Morgan fingerprint density at radius 3 is 1.67 bits per heavy atom. The first kappa shape index (κ1) is 31.9. The lowest BCUT2D eigenvalue weighted by molar-refractivity contribution is -0.289. The van der Waals surface area contributed by atoms with Crippen molar-refractivity contribution in [1.29, 1.82) is 0 Å². The number of methoxy groups -OCH3 is 2. The number of carbonyl (C=O) groups excluding carboxylic acids is 4. The molecule has 0 saturated carbocycles. The Bertz CT molecular complexity index is 782. The van der Waals surface area contributed by atoms with Crippen LogP contribution in [0.5, 0.6) is 0 Å². The van der Waals surface area contributed by atoms with E-state index in [-0.39, 0.29) is 26.3 Å². The van der Waals surface area contributed by atoms with Crippen LogP contribution in [-0.4, -0.2) is 102 Å². The van der Waals surface area contributed by atoms with Crippen molar-refractivity contribution in [2.24, 2.45) is 0 Å². The Hall–Kier alpha value is -2.13. The zero-order valence-corrected chi connectivity index (χ0v) is 22.1. The van der Waals surface area contributed by atoms with Crippen molar-refractivity contribution >= 4 is 31.5 Å². The Labute approximate surface area is 209 Å². The predicted octanol–water partition coefficient (Wildman–Crippen LogP) is -0.334. The van der Waals surface area contributed by atoms with Crippen LogP contribution in [0.1, 0.15) is 27.7 Å². The highest BCUT2D eigenvalue weighted by Crippen LogP contribution is 2.43. The molecule has 1 fully saturated rings. The second-order valence-corrected chi connectivity index (χ2v) is 9.47. The third-order valence-corrected chi connectivity index (χ3v) is 6.24. The fourth-order valence-electron chi connectivity index (χ4n) is 3.14. The zero-order valence-electron chi connectivity index (χ0n) is 21.2. The SMILES string of the molecule is COCCNP(=O)(NCCOC)O[C@H]1O[C@H](COC(C)=O)[C@@H](OC(C)=O)[C@H](OC(C)=O)[C@H]1OC(C)=O. The van der Waals surface area contributed by atoms with Crippen molar-refractivity contribution in [1.82, 2.24) is 10.2 Å². The molecule has 2 N–H and O–H groups in total. The van der Waals surface area contributed by atoms with Gasteiger partial charge in [-0.15, -0.1) is 0 Å². The van der Waals surface area contributed by atoms with Crippen LogP contribution in [0, 0.1) is 0 Å². The highest BCUT2D eigenvalue weighted by Gasteiger charge is 2.54. The van der Waals surface area contributed by atoms with Crippen LogP contribution in [0.2, 0.25) is 0 Å². The maximum Gasteiger partial charge on any atom is 0.343 e. The quantitative estimate of drug-likeness (QED) is 0.119. The minimum atomic E-state index is -3.93. The maximum absolute atomic E-state index is 13.6. The molecule has 0 radical (unpaired) electrons. The van der Waals surface area contributed by atoms with Crippen LogP contribution in [0.25, 0.3) is 0 Å². The minimum Gasteiger partial charge on any atom is -0.463 e. The summed E-state index contributed by atoms with van der Waals surface area (Å²) in [5.41, 5.74) is 0. The average molecular weight is 542 g/mol. The largest absolute Gasteiger partial charge is 0.463 e. The molecule has 5 atom stereocenters. The molecular weight excluding hydrogens is 507 g/mol. The van der Waals surface area contributed by atoms with E-state index in [4.69, 9.17) is 37.7 Å². The fourth-order valence-corrected chi connectivity index (χ4v) is 4.63. The summed E-state index contributed by atoms with van der Waals surface area (Å²) in [4.78, 5) is 47.1. The van der Waals surface area contributed by atoms with Crippen LogP contribution in [0.4, 0.5) is 0 Å². The molecule has 0 spiro atoms. The van der Waals surface area contributed by atoms with Crippen LogP contribution in [0.3, 0.4) is 0 Å². The molecule has 0 bridgehead atoms. The first-order valence-electron chi connectivity index (χ1n) is 11.0. The van der Waals surface area contributed by atoms with Gasteiger partial charge in [-0.25, -0.2) is 10.2 Å². The lowest BCUT2D eigenvalue weighted by atomic mass is 9.98. The van der Waals surface area contributed by atoms with Gasteiger partial charge in [0, 0.05) is 55.0 Å². The first-order valence-corrected chi connectivity index (χ1v) is 12.6. The molecule has 208 valence electrons. The first-order chi connectivity index (χ1) is 16.9. The summed E-state index contributed by atoms with van der Waals surface area (Å²) < 4.78 is 56.0. The van der Waals surface area contributed by atoms with Crippen LogP contribution < -0.4 is 10.2 Å². The Morgan fingerprint density at radius 1 is 0.750 bits per heavy atom. The van der Waals surface area contributed by atoms with Crippen molar-refractivity contribution < 1.29 is 61.4 Å². The number of carbonyl (C=O) groups is 4. The normalized spacial score (nSPS) is 24.0. The molecule has 0 aromatic heterocycles. The van der Waals surface area contributed by atoms with Gasteiger partial charge in [-0.3, -0.25) is 28.3 Å². The van der Waals surface area contributed by atoms with Gasteiger partial charge in [-0.2, -0.15) is 0 Å². The Balaban J connectivity index is 3.42. The molecule has 0 amide bonds. The monoisotopic (exact) mass is 542 g/mol. The fraction of sp³-hybridized carbons (Fsp3) is 0.800. The number of hydrogen-bond donors (Lipinski definition) is 2. The van der Waals surface area contributed by atoms with Crippen molar-refractivity contribution in [3.63, 3.8) is 0 Å². The van der Waals surface area contributed by atoms with Gasteiger partial charge in [0.2, 0.25) is 6.29 Å². The summed E-state index contributed by atoms with van der Waals surface area (Å²) >= 11 is 0. The second kappa shape index (κ2) is 15.9. The molecule has 0 aliphatic carbocycles. The van der Waals surface area contributed by atoms with Gasteiger partial charge in [0.25, 0.3) is 0 Å². The van der Waals surface area contributed by atoms with Gasteiger partial charge in [0.15, 0.2) is 18.3 Å². The molecule has 1 heterocycles. The van der Waals surface area contributed by atoms with E-state index < -0.39 is 68.9 Å². The van der Waals surface area contributed by atoms with Crippen LogP contribution in [-0.2, 0) is 61.4 Å². The molecule has 1 aliphatic heterocycles. The minimum absolute atomic E-state index is 0.0963. The van der Waals surface area contributed by atoms with E-state index in [0.717, 1.165) is 27.7 Å². The van der Waals surface area contributed by atoms with Gasteiger partial charge in [0.1, 0.15) is 12.7 Å². The van der Waals surface area contributed by atoms with Crippen molar-refractivity contribution in [3.05, 3.63) is 0 Å². The summed E-state index contributed by atoms with van der Waals surface area (Å²) in [7, 11) is -1.03. The summed E-state index contributed by atoms with van der Waals surface area (Å²) in [5, 5.41) is 5.37. The second-order valence-electron chi connectivity index (χ2n) is 7.53. The van der Waals surface area contributed by atoms with Gasteiger partial charge in [0.05, 0.1) is 13.2 Å². The van der Waals surface area contributed by atoms with Gasteiger partial charge < -0.3 is 33.2 Å². The van der Waals surface area contributed by atoms with Gasteiger partial charge >= 0.3 is 31.5 Å². The van der Waals surface area contributed by atoms with Crippen LogP contribution in [0.15, 0.2) is 0 Å². The summed E-state index contributed by atoms with van der Waals surface area (Å²) in [5.74, 6) is -3.07. The van der Waals surface area contributed by atoms with E-state index in [0.29, 0.717) is 0 Å². The van der Waals surface area contributed by atoms with E-state index in [2.05, 4.69) is 10.2 Å². The van der Waals surface area contributed by atoms with E-state index in [1.54, 1.807) is 0 Å². The van der Waals surface area contributed by atoms with Gasteiger partial charge in [-0.05, 0) is 0 Å². The molecular formula is C20H35N2O13P. The van der Waals surface area contributed by atoms with E-state index in [1.165, 1.54) is 14.2 Å². The van der Waals surface area contributed by atoms with Crippen molar-refractivity contribution in [3.8, 4) is 0 Å². The molecule has 1 rings (SSSR count). The van der Waals surface area contributed by atoms with E-state index in [1.807, 2.05) is 0 Å². The number of hydrogen-bond acceptors (Lipinski definition) is 13. The van der Waals surface area contributed by atoms with E-state index in [9.17, 15) is 23.7 Å². The Kier molecular flexibility index (Phi) is 14.1. The molecule has 0 aromatic rings. The predicted molar refractivity (Wildman–Crippen MR) is 120 cm³/mol. The summed E-state index contributed by atoms with van der Waals surface area (Å²) in [6, 6.07) is 0. The number of rotatable bonds is 15. The number of ether oxygens (including phenoxy) is 7. The van der Waals surface area contributed by atoms with Crippen LogP contribution >= 0.6 is 7.67 Å². The van der Waals surface area contributed by atoms with Crippen molar-refractivity contribution in [2.45, 2.75) is 58.4 Å². The topological polar surface area (TPSA) is 183 Å². The Morgan fingerprint density at radius 2 is 1.22 bits per heavy atom. The molecule has 1 aliphatic rings. The molecule has 0 unspecified atom stereocenters. The smallest absolute Gasteiger partial charge is 0.343 e. The summed E-state index contributed by atoms with van der Waals surface area (Å²) in [6.07, 6.45) is -7.21. The highest BCUT2D eigenvalue weighted by atomic mass is 31.2. The third-order valence-electron chi connectivity index (χ3n) is 4.45. The average Bonchev–Trinajstić information content (AvgIpc) is 2.76. The maximum atomic E-state index is 13.6. The molecule has 16 heteroatoms. The summed E-state index contributed by atoms with van der Waals surface area (Å²) in [6.45, 7) is 4.53. The molecule has 0 aromatic carbocycles. The van der Waals surface area contributed by atoms with E-state index >= 15 is 0 Å². The lowest BCUT2D eigenvalue weighted by Crippen LogP contribution is -2.63. The third kappa shape index (κ3) is 11.3. The van der Waals surface area contributed by atoms with Gasteiger partial charge in [-0.1, -0.05) is 0 Å². The number of nitrogens with one attached hydrogen (secondary N) is 2. The lowest BCUT2D eigenvalue weighted by Gasteiger charge is -2.44. The molecule has 36 heavy (non-hydrogen) atoms. The molecule has 1 saturated heterocycles. The standard InChI is InChI=1S/C20H35N2O13P/c1-12(23)30-11-16-17(31-13(2)24)18(32-14(3)25)19(33-15(4)26)20(34-16)35-36(27,21-7-9-28-5)22-8-10-29-6/h16-20H,7-11H2,1-6H3,(H2,21,22,27)/t16-,17-,18+,19-,20-/m1/s1. The zero-order chi connectivity index (χ0) is 27.3. The highest BCUT2D eigenvalue weighted by molar-refractivity contribution is 7.54. The number of esters is 4. The molecule has 15 nitrogen and oxygen atoms in total.